The molecule has 1 saturated carbocycles. The molecule has 0 spiro atoms. The molecule has 1 heterocycles. The summed E-state index contributed by atoms with van der Waals surface area (Å²) >= 11 is 0. The maximum Gasteiger partial charge on any atom is 0.0857 e. The van der Waals surface area contributed by atoms with Crippen LogP contribution in [0.2, 0.25) is 0 Å². The van der Waals surface area contributed by atoms with Gasteiger partial charge in [-0.05, 0) is 12.8 Å². The number of rotatable bonds is 1. The highest BCUT2D eigenvalue weighted by Crippen LogP contribution is 2.36. The molecule has 10 heavy (non-hydrogen) atoms. The zero-order valence-electron chi connectivity index (χ0n) is 6.38. The lowest BCUT2D eigenvalue weighted by molar-refractivity contribution is 0.0580. The largest absolute Gasteiger partial charge is 0.379 e. The molecule has 58 valence electrons. The average molecular weight is 142 g/mol. The van der Waals surface area contributed by atoms with Crippen molar-refractivity contribution in [1.82, 2.24) is 0 Å². The molecule has 0 amide bonds. The Morgan fingerprint density at radius 3 is 3.10 bits per heavy atom. The van der Waals surface area contributed by atoms with Crippen LogP contribution < -0.4 is 0 Å². The number of fused-ring (bicyclic) bond motifs is 1. The third-order valence-corrected chi connectivity index (χ3v) is 2.76. The fraction of sp³-hybridized carbons (Fsp3) is 1.00. The third-order valence-electron chi connectivity index (χ3n) is 2.76. The van der Waals surface area contributed by atoms with Crippen LogP contribution in [0, 0.1) is 5.92 Å². The average Bonchev–Trinajstić information content (AvgIpc) is 2.44. The topological polar surface area (TPSA) is 18.5 Å². The van der Waals surface area contributed by atoms with E-state index < -0.39 is 0 Å². The van der Waals surface area contributed by atoms with Gasteiger partial charge in [0.25, 0.3) is 0 Å². The van der Waals surface area contributed by atoms with E-state index in [0.29, 0.717) is 18.1 Å². The summed E-state index contributed by atoms with van der Waals surface area (Å²) in [5, 5.41) is 0. The summed E-state index contributed by atoms with van der Waals surface area (Å²) in [6.45, 7) is 0.825. The van der Waals surface area contributed by atoms with Gasteiger partial charge in [0.1, 0.15) is 0 Å². The van der Waals surface area contributed by atoms with Crippen LogP contribution in [0.1, 0.15) is 19.3 Å². The van der Waals surface area contributed by atoms with Crippen molar-refractivity contribution >= 4 is 0 Å². The fourth-order valence-corrected chi connectivity index (χ4v) is 2.17. The Kier molecular flexibility index (Phi) is 1.66. The number of ether oxygens (including phenoxy) is 2. The first-order chi connectivity index (χ1) is 4.92. The summed E-state index contributed by atoms with van der Waals surface area (Å²) in [5.74, 6) is 0.713. The third kappa shape index (κ3) is 0.867. The SMILES string of the molecule is COC1COC2CCCC12. The van der Waals surface area contributed by atoms with Crippen LogP contribution in [0.15, 0.2) is 0 Å². The van der Waals surface area contributed by atoms with E-state index in [0.717, 1.165) is 6.61 Å². The summed E-state index contributed by atoms with van der Waals surface area (Å²) in [4.78, 5) is 0. The molecule has 3 atom stereocenters. The molecule has 3 unspecified atom stereocenters. The second-order valence-corrected chi connectivity index (χ2v) is 3.24. The van der Waals surface area contributed by atoms with E-state index in [1.54, 1.807) is 7.11 Å². The Morgan fingerprint density at radius 2 is 2.30 bits per heavy atom. The number of hydrogen-bond donors (Lipinski definition) is 0. The molecule has 2 rings (SSSR count). The fourth-order valence-electron chi connectivity index (χ4n) is 2.17. The molecule has 2 heteroatoms. The van der Waals surface area contributed by atoms with Crippen molar-refractivity contribution in [3.63, 3.8) is 0 Å². The zero-order chi connectivity index (χ0) is 6.97. The molecule has 2 aliphatic rings. The minimum Gasteiger partial charge on any atom is -0.379 e. The summed E-state index contributed by atoms with van der Waals surface area (Å²) in [7, 11) is 1.79. The van der Waals surface area contributed by atoms with Crippen molar-refractivity contribution < 1.29 is 9.47 Å². The summed E-state index contributed by atoms with van der Waals surface area (Å²) < 4.78 is 10.9. The van der Waals surface area contributed by atoms with Gasteiger partial charge in [-0.2, -0.15) is 0 Å². The Labute approximate surface area is 61.5 Å². The predicted octanol–water partition coefficient (Wildman–Crippen LogP) is 1.20. The van der Waals surface area contributed by atoms with Crippen LogP contribution in [0.4, 0.5) is 0 Å². The van der Waals surface area contributed by atoms with Crippen LogP contribution >= 0.6 is 0 Å². The predicted molar refractivity (Wildman–Crippen MR) is 37.9 cm³/mol. The minimum absolute atomic E-state index is 0.396. The maximum absolute atomic E-state index is 5.56. The molecule has 1 saturated heterocycles. The number of methoxy groups -OCH3 is 1. The van der Waals surface area contributed by atoms with Crippen LogP contribution in [-0.2, 0) is 9.47 Å². The molecule has 2 nitrogen and oxygen atoms in total. The quantitative estimate of drug-likeness (QED) is 0.547. The van der Waals surface area contributed by atoms with Gasteiger partial charge in [0.15, 0.2) is 0 Å². The highest BCUT2D eigenvalue weighted by atomic mass is 16.5. The molecule has 0 radical (unpaired) electrons. The van der Waals surface area contributed by atoms with Crippen LogP contribution in [-0.4, -0.2) is 25.9 Å². The van der Waals surface area contributed by atoms with Gasteiger partial charge in [0.05, 0.1) is 18.8 Å². The van der Waals surface area contributed by atoms with Gasteiger partial charge in [0, 0.05) is 13.0 Å². The molecule has 0 bridgehead atoms. The van der Waals surface area contributed by atoms with Crippen molar-refractivity contribution in [3.05, 3.63) is 0 Å². The molecule has 1 aliphatic heterocycles. The smallest absolute Gasteiger partial charge is 0.0857 e. The van der Waals surface area contributed by atoms with Gasteiger partial charge in [0.2, 0.25) is 0 Å². The lowest BCUT2D eigenvalue weighted by Gasteiger charge is -2.12. The molecule has 2 fully saturated rings. The molecule has 0 N–H and O–H groups in total. The molecule has 0 aromatic carbocycles. The first kappa shape index (κ1) is 6.62. The second kappa shape index (κ2) is 2.51. The first-order valence-electron chi connectivity index (χ1n) is 4.06. The zero-order valence-corrected chi connectivity index (χ0v) is 6.38. The van der Waals surface area contributed by atoms with E-state index in [1.807, 2.05) is 0 Å². The highest BCUT2D eigenvalue weighted by molar-refractivity contribution is 4.89. The van der Waals surface area contributed by atoms with E-state index in [2.05, 4.69) is 0 Å². The first-order valence-corrected chi connectivity index (χ1v) is 4.06. The molecular formula is C8H14O2. The van der Waals surface area contributed by atoms with E-state index >= 15 is 0 Å². The Hall–Kier alpha value is -0.0800. The van der Waals surface area contributed by atoms with E-state index in [4.69, 9.17) is 9.47 Å². The van der Waals surface area contributed by atoms with Crippen molar-refractivity contribution in [2.75, 3.05) is 13.7 Å². The van der Waals surface area contributed by atoms with Gasteiger partial charge >= 0.3 is 0 Å². The standard InChI is InChI=1S/C8H14O2/c1-9-8-5-10-7-4-2-3-6(7)8/h6-8H,2-5H2,1H3. The summed E-state index contributed by atoms with van der Waals surface area (Å²) in [6, 6.07) is 0. The van der Waals surface area contributed by atoms with Gasteiger partial charge in [-0.1, -0.05) is 6.42 Å². The van der Waals surface area contributed by atoms with Gasteiger partial charge in [-0.3, -0.25) is 0 Å². The van der Waals surface area contributed by atoms with Gasteiger partial charge in [-0.15, -0.1) is 0 Å². The van der Waals surface area contributed by atoms with Crippen LogP contribution in [0.25, 0.3) is 0 Å². The van der Waals surface area contributed by atoms with E-state index in [9.17, 15) is 0 Å². The van der Waals surface area contributed by atoms with Crippen molar-refractivity contribution in [2.45, 2.75) is 31.5 Å². The minimum atomic E-state index is 0.396. The van der Waals surface area contributed by atoms with E-state index in [1.165, 1.54) is 19.3 Å². The molecule has 0 aromatic rings. The Balaban J connectivity index is 2.01. The maximum atomic E-state index is 5.56. The lowest BCUT2D eigenvalue weighted by atomic mass is 10.0. The number of hydrogen-bond acceptors (Lipinski definition) is 2. The van der Waals surface area contributed by atoms with Crippen LogP contribution in [0.5, 0.6) is 0 Å². The monoisotopic (exact) mass is 142 g/mol. The van der Waals surface area contributed by atoms with Crippen molar-refractivity contribution in [2.24, 2.45) is 5.92 Å². The van der Waals surface area contributed by atoms with Crippen molar-refractivity contribution in [1.29, 1.82) is 0 Å². The Bertz CT molecular complexity index is 124. The van der Waals surface area contributed by atoms with Crippen molar-refractivity contribution in [3.8, 4) is 0 Å². The Morgan fingerprint density at radius 1 is 1.40 bits per heavy atom. The molecular weight excluding hydrogens is 128 g/mol. The normalized spacial score (nSPS) is 45.9. The summed E-state index contributed by atoms with van der Waals surface area (Å²) in [5.41, 5.74) is 0. The summed E-state index contributed by atoms with van der Waals surface area (Å²) in [6.07, 6.45) is 4.82. The van der Waals surface area contributed by atoms with Crippen LogP contribution in [0.3, 0.4) is 0 Å². The van der Waals surface area contributed by atoms with E-state index in [-0.39, 0.29) is 0 Å². The van der Waals surface area contributed by atoms with Gasteiger partial charge in [-0.25, -0.2) is 0 Å². The van der Waals surface area contributed by atoms with Gasteiger partial charge < -0.3 is 9.47 Å². The molecule has 1 aliphatic carbocycles. The lowest BCUT2D eigenvalue weighted by Crippen LogP contribution is -2.20. The molecule has 0 aromatic heterocycles. The highest BCUT2D eigenvalue weighted by Gasteiger charge is 2.40. The second-order valence-electron chi connectivity index (χ2n) is 3.24.